The van der Waals surface area contributed by atoms with Crippen molar-refractivity contribution in [2.45, 2.75) is 31.8 Å². The lowest BCUT2D eigenvalue weighted by Crippen LogP contribution is -2.35. The molecule has 1 amide bonds. The number of nitrogens with zero attached hydrogens (tertiary/aromatic N) is 3. The molecule has 10 heteroatoms. The highest BCUT2D eigenvalue weighted by atomic mass is 32.2. The van der Waals surface area contributed by atoms with E-state index in [1.54, 1.807) is 33.0 Å². The minimum Gasteiger partial charge on any atom is -0.454 e. The first-order chi connectivity index (χ1) is 14.3. The van der Waals surface area contributed by atoms with Crippen molar-refractivity contribution in [3.8, 4) is 11.5 Å². The number of fused-ring (bicyclic) bond motifs is 1. The van der Waals surface area contributed by atoms with E-state index in [4.69, 9.17) is 9.47 Å². The molecule has 3 rings (SSSR count). The van der Waals surface area contributed by atoms with E-state index in [-0.39, 0.29) is 24.1 Å². The smallest absolute Gasteiger partial charge is 0.251 e. The number of hydrogen-bond acceptors (Lipinski definition) is 6. The van der Waals surface area contributed by atoms with Crippen molar-refractivity contribution in [1.29, 1.82) is 0 Å². The molecule has 0 saturated heterocycles. The Kier molecular flexibility index (Phi) is 6.47. The van der Waals surface area contributed by atoms with E-state index in [9.17, 15) is 18.0 Å². The summed E-state index contributed by atoms with van der Waals surface area (Å²) < 4.78 is 38.4. The zero-order valence-electron chi connectivity index (χ0n) is 17.2. The van der Waals surface area contributed by atoms with Gasteiger partial charge in [0.1, 0.15) is 6.54 Å². The number of aromatic nitrogens is 1. The molecule has 1 aromatic heterocycles. The van der Waals surface area contributed by atoms with Gasteiger partial charge in [-0.1, -0.05) is 19.9 Å². The molecule has 1 aliphatic heterocycles. The van der Waals surface area contributed by atoms with Gasteiger partial charge >= 0.3 is 0 Å². The van der Waals surface area contributed by atoms with Gasteiger partial charge in [0.2, 0.25) is 22.7 Å². The van der Waals surface area contributed by atoms with Crippen molar-refractivity contribution in [2.75, 3.05) is 26.9 Å². The first-order valence-electron chi connectivity index (χ1n) is 9.59. The lowest BCUT2D eigenvalue weighted by atomic mass is 10.2. The summed E-state index contributed by atoms with van der Waals surface area (Å²) in [5.74, 6) is 0.955. The molecule has 1 aliphatic rings. The van der Waals surface area contributed by atoms with Gasteiger partial charge in [-0.25, -0.2) is 8.42 Å². The van der Waals surface area contributed by atoms with Gasteiger partial charge in [-0.2, -0.15) is 4.31 Å². The zero-order valence-corrected chi connectivity index (χ0v) is 18.0. The van der Waals surface area contributed by atoms with Crippen LogP contribution in [0.15, 0.2) is 46.2 Å². The van der Waals surface area contributed by atoms with Crippen LogP contribution in [0.2, 0.25) is 0 Å². The molecule has 0 saturated carbocycles. The number of carbonyl (C=O) groups excluding carboxylic acids is 1. The third-order valence-corrected chi connectivity index (χ3v) is 6.92. The normalized spacial score (nSPS) is 12.9. The van der Waals surface area contributed by atoms with E-state index >= 15 is 0 Å². The second-order valence-electron chi connectivity index (χ2n) is 6.86. The minimum absolute atomic E-state index is 0.0166. The number of rotatable bonds is 8. The van der Waals surface area contributed by atoms with Crippen LogP contribution in [0.25, 0.3) is 0 Å². The topological polar surface area (TPSA) is 98.2 Å². The number of carbonyl (C=O) groups is 1. The third kappa shape index (κ3) is 4.49. The maximum Gasteiger partial charge on any atom is 0.251 e. The Bertz CT molecular complexity index is 1090. The highest BCUT2D eigenvalue weighted by molar-refractivity contribution is 7.89. The van der Waals surface area contributed by atoms with E-state index in [0.29, 0.717) is 31.1 Å². The summed E-state index contributed by atoms with van der Waals surface area (Å²) in [6.45, 7) is 4.33. The van der Waals surface area contributed by atoms with E-state index in [1.807, 2.05) is 6.07 Å². The lowest BCUT2D eigenvalue weighted by molar-refractivity contribution is -0.131. The Morgan fingerprint density at radius 3 is 2.50 bits per heavy atom. The van der Waals surface area contributed by atoms with Crippen LogP contribution in [-0.2, 0) is 27.9 Å². The Balaban J connectivity index is 1.75. The van der Waals surface area contributed by atoms with Crippen molar-refractivity contribution in [2.24, 2.45) is 0 Å². The quantitative estimate of drug-likeness (QED) is 0.619. The number of benzene rings is 1. The summed E-state index contributed by atoms with van der Waals surface area (Å²) in [4.78, 5) is 26.3. The lowest BCUT2D eigenvalue weighted by Gasteiger charge is -2.20. The number of likely N-dealkylation sites (N-methyl/N-ethyl adjacent to an activating group) is 1. The summed E-state index contributed by atoms with van der Waals surface area (Å²) in [5, 5.41) is 0. The second-order valence-corrected chi connectivity index (χ2v) is 8.80. The van der Waals surface area contributed by atoms with Crippen LogP contribution in [0.4, 0.5) is 0 Å². The van der Waals surface area contributed by atoms with Gasteiger partial charge in [0.05, 0.1) is 4.90 Å². The van der Waals surface area contributed by atoms with Crippen molar-refractivity contribution in [3.05, 3.63) is 52.4 Å². The number of sulfonamides is 1. The molecule has 1 aromatic carbocycles. The molecule has 0 bridgehead atoms. The van der Waals surface area contributed by atoms with Crippen molar-refractivity contribution >= 4 is 15.9 Å². The summed E-state index contributed by atoms with van der Waals surface area (Å²) in [5.41, 5.74) is 0.402. The predicted molar refractivity (Wildman–Crippen MR) is 110 cm³/mol. The molecular weight excluding hydrogens is 410 g/mol. The van der Waals surface area contributed by atoms with Crippen molar-refractivity contribution in [3.63, 3.8) is 0 Å². The number of hydrogen-bond donors (Lipinski definition) is 0. The van der Waals surface area contributed by atoms with E-state index < -0.39 is 15.6 Å². The van der Waals surface area contributed by atoms with E-state index in [2.05, 4.69) is 0 Å². The van der Waals surface area contributed by atoms with Crippen LogP contribution in [-0.4, -0.2) is 55.0 Å². The van der Waals surface area contributed by atoms with Crippen LogP contribution in [0.5, 0.6) is 11.5 Å². The fourth-order valence-electron chi connectivity index (χ4n) is 3.17. The van der Waals surface area contributed by atoms with Gasteiger partial charge < -0.3 is 18.9 Å². The molecule has 0 aliphatic carbocycles. The van der Waals surface area contributed by atoms with Gasteiger partial charge in [-0.15, -0.1) is 0 Å². The fourth-order valence-corrected chi connectivity index (χ4v) is 4.64. The molecule has 0 atom stereocenters. The summed E-state index contributed by atoms with van der Waals surface area (Å²) in [6, 6.07) is 7.85. The van der Waals surface area contributed by atoms with Gasteiger partial charge in [-0.3, -0.25) is 9.59 Å². The Morgan fingerprint density at radius 2 is 1.80 bits per heavy atom. The predicted octanol–water partition coefficient (Wildman–Crippen LogP) is 1.27. The van der Waals surface area contributed by atoms with Crippen LogP contribution in [0.1, 0.15) is 19.4 Å². The van der Waals surface area contributed by atoms with Crippen LogP contribution in [0.3, 0.4) is 0 Å². The van der Waals surface area contributed by atoms with Crippen molar-refractivity contribution < 1.29 is 22.7 Å². The second kappa shape index (κ2) is 8.88. The Labute approximate surface area is 175 Å². The largest absolute Gasteiger partial charge is 0.454 e. The maximum absolute atomic E-state index is 12.7. The highest BCUT2D eigenvalue weighted by Crippen LogP contribution is 2.32. The molecular formula is C20H25N3O6S. The molecule has 0 spiro atoms. The van der Waals surface area contributed by atoms with Crippen LogP contribution < -0.4 is 15.0 Å². The standard InChI is InChI=1S/C20H25N3O6S/c1-4-23(5-2)30(26,27)16-7-9-19(24)22(12-16)13-20(25)21(3)11-15-6-8-17-18(10-15)29-14-28-17/h6-10,12H,4-5,11,13-14H2,1-3H3. The van der Waals surface area contributed by atoms with Gasteiger partial charge in [0, 0.05) is 38.9 Å². The summed E-state index contributed by atoms with van der Waals surface area (Å²) >= 11 is 0. The van der Waals surface area contributed by atoms with E-state index in [0.717, 1.165) is 10.1 Å². The van der Waals surface area contributed by atoms with Gasteiger partial charge in [0.25, 0.3) is 5.56 Å². The average molecular weight is 436 g/mol. The molecule has 30 heavy (non-hydrogen) atoms. The molecule has 0 unspecified atom stereocenters. The highest BCUT2D eigenvalue weighted by Gasteiger charge is 2.23. The fraction of sp³-hybridized carbons (Fsp3) is 0.400. The molecule has 9 nitrogen and oxygen atoms in total. The molecule has 162 valence electrons. The SMILES string of the molecule is CCN(CC)S(=O)(=O)c1ccc(=O)n(CC(=O)N(C)Cc2ccc3c(c2)OCO3)c1. The Hall–Kier alpha value is -2.85. The van der Waals surface area contributed by atoms with Crippen molar-refractivity contribution in [1.82, 2.24) is 13.8 Å². The molecule has 2 heterocycles. The third-order valence-electron chi connectivity index (χ3n) is 4.89. The van der Waals surface area contributed by atoms with Crippen LogP contribution >= 0.6 is 0 Å². The summed E-state index contributed by atoms with van der Waals surface area (Å²) in [7, 11) is -2.11. The minimum atomic E-state index is -3.73. The first-order valence-corrected chi connectivity index (χ1v) is 11.0. The monoisotopic (exact) mass is 435 g/mol. The number of pyridine rings is 1. The van der Waals surface area contributed by atoms with Gasteiger partial charge in [0.15, 0.2) is 11.5 Å². The maximum atomic E-state index is 12.7. The summed E-state index contributed by atoms with van der Waals surface area (Å²) in [6.07, 6.45) is 1.22. The molecule has 0 N–H and O–H groups in total. The Morgan fingerprint density at radius 1 is 1.10 bits per heavy atom. The average Bonchev–Trinajstić information content (AvgIpc) is 3.18. The first kappa shape index (κ1) is 21.8. The molecule has 0 radical (unpaired) electrons. The number of ether oxygens (including phenoxy) is 2. The molecule has 2 aromatic rings. The van der Waals surface area contributed by atoms with Gasteiger partial charge in [-0.05, 0) is 23.8 Å². The number of amides is 1. The van der Waals surface area contributed by atoms with E-state index in [1.165, 1.54) is 27.5 Å². The molecule has 0 fully saturated rings. The zero-order chi connectivity index (χ0) is 21.9. The van der Waals surface area contributed by atoms with Crippen LogP contribution in [0, 0.1) is 0 Å².